The van der Waals surface area contributed by atoms with Crippen molar-refractivity contribution in [2.45, 2.75) is 6.42 Å². The molecule has 4 heteroatoms. The van der Waals surface area contributed by atoms with Crippen LogP contribution in [0.15, 0.2) is 67.0 Å². The molecule has 0 aliphatic rings. The van der Waals surface area contributed by atoms with Crippen molar-refractivity contribution in [3.05, 3.63) is 77.6 Å². The SMILES string of the molecule is Clc1ccc(CCNc2cnn(-c3ccccc3)c2)cc1. The normalized spacial score (nSPS) is 10.5. The van der Waals surface area contributed by atoms with Gasteiger partial charge in [-0.3, -0.25) is 0 Å². The molecule has 0 atom stereocenters. The maximum absolute atomic E-state index is 5.88. The Bertz CT molecular complexity index is 690. The summed E-state index contributed by atoms with van der Waals surface area (Å²) in [6.07, 6.45) is 4.79. The van der Waals surface area contributed by atoms with Gasteiger partial charge in [0.2, 0.25) is 0 Å². The van der Waals surface area contributed by atoms with Crippen molar-refractivity contribution in [3.63, 3.8) is 0 Å². The summed E-state index contributed by atoms with van der Waals surface area (Å²) in [5.41, 5.74) is 3.35. The van der Waals surface area contributed by atoms with E-state index >= 15 is 0 Å². The molecule has 0 spiro atoms. The van der Waals surface area contributed by atoms with Crippen LogP contribution in [0.3, 0.4) is 0 Å². The van der Waals surface area contributed by atoms with Gasteiger partial charge in [-0.25, -0.2) is 4.68 Å². The van der Waals surface area contributed by atoms with E-state index in [2.05, 4.69) is 22.5 Å². The van der Waals surface area contributed by atoms with Gasteiger partial charge in [0.25, 0.3) is 0 Å². The lowest BCUT2D eigenvalue weighted by Gasteiger charge is -2.04. The van der Waals surface area contributed by atoms with Crippen LogP contribution in [0.2, 0.25) is 5.02 Å². The Morgan fingerprint density at radius 2 is 1.76 bits per heavy atom. The van der Waals surface area contributed by atoms with Gasteiger partial charge in [-0.15, -0.1) is 0 Å². The zero-order chi connectivity index (χ0) is 14.5. The van der Waals surface area contributed by atoms with E-state index in [0.29, 0.717) is 0 Å². The van der Waals surface area contributed by atoms with Gasteiger partial charge in [0.15, 0.2) is 0 Å². The van der Waals surface area contributed by atoms with Gasteiger partial charge in [-0.1, -0.05) is 41.9 Å². The van der Waals surface area contributed by atoms with Gasteiger partial charge < -0.3 is 5.32 Å². The Hall–Kier alpha value is -2.26. The lowest BCUT2D eigenvalue weighted by Crippen LogP contribution is -2.04. The van der Waals surface area contributed by atoms with Crippen LogP contribution in [-0.4, -0.2) is 16.3 Å². The molecule has 0 aliphatic heterocycles. The largest absolute Gasteiger partial charge is 0.382 e. The van der Waals surface area contributed by atoms with Crippen molar-refractivity contribution in [2.75, 3.05) is 11.9 Å². The quantitative estimate of drug-likeness (QED) is 0.765. The first-order valence-corrected chi connectivity index (χ1v) is 7.27. The van der Waals surface area contributed by atoms with E-state index in [-0.39, 0.29) is 0 Å². The summed E-state index contributed by atoms with van der Waals surface area (Å²) in [7, 11) is 0. The molecule has 106 valence electrons. The molecule has 0 saturated carbocycles. The summed E-state index contributed by atoms with van der Waals surface area (Å²) >= 11 is 5.88. The summed E-state index contributed by atoms with van der Waals surface area (Å²) < 4.78 is 1.87. The van der Waals surface area contributed by atoms with E-state index < -0.39 is 0 Å². The van der Waals surface area contributed by atoms with Crippen LogP contribution in [0.5, 0.6) is 0 Å². The fourth-order valence-corrected chi connectivity index (χ4v) is 2.26. The summed E-state index contributed by atoms with van der Waals surface area (Å²) in [4.78, 5) is 0. The standard InChI is InChI=1S/C17H16ClN3/c18-15-8-6-14(7-9-15)10-11-19-16-12-20-21(13-16)17-4-2-1-3-5-17/h1-9,12-13,19H,10-11H2. The van der Waals surface area contributed by atoms with Crippen molar-refractivity contribution in [1.82, 2.24) is 9.78 Å². The lowest BCUT2D eigenvalue weighted by molar-refractivity contribution is 0.880. The van der Waals surface area contributed by atoms with E-state index in [4.69, 9.17) is 11.6 Å². The third-order valence-electron chi connectivity index (χ3n) is 3.26. The highest BCUT2D eigenvalue weighted by Crippen LogP contribution is 2.12. The number of aromatic nitrogens is 2. The first kappa shape index (κ1) is 13.7. The number of hydrogen-bond donors (Lipinski definition) is 1. The maximum Gasteiger partial charge on any atom is 0.0731 e. The van der Waals surface area contributed by atoms with Crippen LogP contribution in [0.4, 0.5) is 5.69 Å². The van der Waals surface area contributed by atoms with Crippen LogP contribution in [0, 0.1) is 0 Å². The molecule has 3 nitrogen and oxygen atoms in total. The molecule has 0 bridgehead atoms. The molecule has 1 N–H and O–H groups in total. The number of nitrogens with one attached hydrogen (secondary N) is 1. The number of para-hydroxylation sites is 1. The van der Waals surface area contributed by atoms with Gasteiger partial charge in [-0.2, -0.15) is 5.10 Å². The van der Waals surface area contributed by atoms with Crippen molar-refractivity contribution < 1.29 is 0 Å². The predicted octanol–water partition coefficient (Wildman–Crippen LogP) is 4.18. The summed E-state index contributed by atoms with van der Waals surface area (Å²) in [5.74, 6) is 0. The van der Waals surface area contributed by atoms with E-state index in [1.165, 1.54) is 5.56 Å². The maximum atomic E-state index is 5.88. The minimum absolute atomic E-state index is 0.774. The Balaban J connectivity index is 1.57. The molecule has 0 amide bonds. The minimum Gasteiger partial charge on any atom is -0.382 e. The number of halogens is 1. The van der Waals surface area contributed by atoms with Gasteiger partial charge in [0.1, 0.15) is 0 Å². The number of anilines is 1. The zero-order valence-electron chi connectivity index (χ0n) is 11.5. The van der Waals surface area contributed by atoms with Crippen LogP contribution < -0.4 is 5.32 Å². The molecule has 1 heterocycles. The molecule has 0 unspecified atom stereocenters. The molecular formula is C17H16ClN3. The average molecular weight is 298 g/mol. The number of nitrogens with zero attached hydrogens (tertiary/aromatic N) is 2. The first-order chi connectivity index (χ1) is 10.3. The highest BCUT2D eigenvalue weighted by atomic mass is 35.5. The fraction of sp³-hybridized carbons (Fsp3) is 0.118. The highest BCUT2D eigenvalue weighted by Gasteiger charge is 2.00. The van der Waals surface area contributed by atoms with Gasteiger partial charge >= 0.3 is 0 Å². The molecule has 0 aliphatic carbocycles. The van der Waals surface area contributed by atoms with Crippen LogP contribution in [0.1, 0.15) is 5.56 Å². The second-order valence-corrected chi connectivity index (χ2v) is 5.25. The molecule has 3 rings (SSSR count). The van der Waals surface area contributed by atoms with Gasteiger partial charge in [0.05, 0.1) is 23.8 Å². The second kappa shape index (κ2) is 6.46. The Labute approximate surface area is 129 Å². The van der Waals surface area contributed by atoms with E-state index in [9.17, 15) is 0 Å². The third-order valence-corrected chi connectivity index (χ3v) is 3.51. The predicted molar refractivity (Wildman–Crippen MR) is 87.2 cm³/mol. The Morgan fingerprint density at radius 3 is 2.52 bits per heavy atom. The van der Waals surface area contributed by atoms with Crippen LogP contribution in [0.25, 0.3) is 5.69 Å². The second-order valence-electron chi connectivity index (χ2n) is 4.81. The topological polar surface area (TPSA) is 29.9 Å². The van der Waals surface area contributed by atoms with Gasteiger partial charge in [-0.05, 0) is 36.2 Å². The van der Waals surface area contributed by atoms with E-state index in [1.807, 2.05) is 59.5 Å². The third kappa shape index (κ3) is 3.64. The molecular weight excluding hydrogens is 282 g/mol. The number of benzene rings is 2. The summed E-state index contributed by atoms with van der Waals surface area (Å²) in [6.45, 7) is 0.863. The first-order valence-electron chi connectivity index (χ1n) is 6.90. The average Bonchev–Trinajstić information content (AvgIpc) is 2.99. The lowest BCUT2D eigenvalue weighted by atomic mass is 10.1. The molecule has 3 aromatic rings. The zero-order valence-corrected chi connectivity index (χ0v) is 12.3. The summed E-state index contributed by atoms with van der Waals surface area (Å²) in [6, 6.07) is 18.0. The van der Waals surface area contributed by atoms with Crippen molar-refractivity contribution in [3.8, 4) is 5.69 Å². The van der Waals surface area contributed by atoms with Crippen molar-refractivity contribution in [1.29, 1.82) is 0 Å². The van der Waals surface area contributed by atoms with E-state index in [1.54, 1.807) is 0 Å². The highest BCUT2D eigenvalue weighted by molar-refractivity contribution is 6.30. The molecule has 0 fully saturated rings. The molecule has 1 aromatic heterocycles. The van der Waals surface area contributed by atoms with Crippen molar-refractivity contribution >= 4 is 17.3 Å². The number of hydrogen-bond acceptors (Lipinski definition) is 2. The monoisotopic (exact) mass is 297 g/mol. The van der Waals surface area contributed by atoms with Crippen LogP contribution in [-0.2, 0) is 6.42 Å². The molecule has 0 saturated heterocycles. The Kier molecular flexibility index (Phi) is 4.22. The minimum atomic E-state index is 0.774. The molecule has 0 radical (unpaired) electrons. The van der Waals surface area contributed by atoms with Crippen molar-refractivity contribution in [2.24, 2.45) is 0 Å². The smallest absolute Gasteiger partial charge is 0.0731 e. The van der Waals surface area contributed by atoms with Crippen LogP contribution >= 0.6 is 11.6 Å². The number of rotatable bonds is 5. The molecule has 21 heavy (non-hydrogen) atoms. The summed E-state index contributed by atoms with van der Waals surface area (Å²) in [5, 5.41) is 8.52. The van der Waals surface area contributed by atoms with Gasteiger partial charge in [0, 0.05) is 11.6 Å². The fourth-order valence-electron chi connectivity index (χ4n) is 2.14. The van der Waals surface area contributed by atoms with E-state index in [0.717, 1.165) is 29.4 Å². The Morgan fingerprint density at radius 1 is 1.00 bits per heavy atom. The molecule has 2 aromatic carbocycles.